The highest BCUT2D eigenvalue weighted by atomic mass is 35.5. The maximum absolute atomic E-state index is 11.1. The van der Waals surface area contributed by atoms with E-state index < -0.39 is 10.8 Å². The molecule has 0 saturated carbocycles. The Morgan fingerprint density at radius 2 is 2.20 bits per heavy atom. The topological polar surface area (TPSA) is 81.8 Å². The van der Waals surface area contributed by atoms with Crippen molar-refractivity contribution in [3.05, 3.63) is 17.3 Å². The number of halogens is 1. The molecule has 1 atom stereocenters. The predicted octanol–water partition coefficient (Wildman–Crippen LogP) is 0.998. The lowest BCUT2D eigenvalue weighted by molar-refractivity contribution is 0.680. The van der Waals surface area contributed by atoms with E-state index in [2.05, 4.69) is 15.0 Å². The number of fused-ring (bicyclic) bond motifs is 1. The van der Waals surface area contributed by atoms with E-state index in [0.717, 1.165) is 0 Å². The molecule has 0 fully saturated rings. The molecule has 2 aromatic heterocycles. The van der Waals surface area contributed by atoms with Crippen LogP contribution in [-0.4, -0.2) is 25.4 Å². The van der Waals surface area contributed by atoms with Gasteiger partial charge >= 0.3 is 0 Å². The molecule has 2 rings (SSSR count). The molecule has 0 amide bonds. The van der Waals surface area contributed by atoms with Crippen LogP contribution in [0.15, 0.2) is 17.4 Å². The summed E-state index contributed by atoms with van der Waals surface area (Å²) in [6, 6.07) is 1.63. The first-order valence-corrected chi connectivity index (χ1v) is 5.93. The van der Waals surface area contributed by atoms with Crippen LogP contribution in [0.25, 0.3) is 11.0 Å². The first-order valence-electron chi connectivity index (χ1n) is 4.00. The summed E-state index contributed by atoms with van der Waals surface area (Å²) < 4.78 is 11.1. The Bertz CT molecular complexity index is 560. The van der Waals surface area contributed by atoms with E-state index in [1.807, 2.05) is 0 Å². The normalized spacial score (nSPS) is 12.9. The largest absolute Gasteiger partial charge is 0.382 e. The van der Waals surface area contributed by atoms with Gasteiger partial charge in [0.15, 0.2) is 5.65 Å². The third-order valence-corrected chi connectivity index (χ3v) is 2.80. The maximum Gasteiger partial charge on any atom is 0.220 e. The van der Waals surface area contributed by atoms with Gasteiger partial charge in [-0.3, -0.25) is 4.21 Å². The number of hydrogen-bond acceptors (Lipinski definition) is 5. The van der Waals surface area contributed by atoms with E-state index >= 15 is 0 Å². The molecular weight excluding hydrogens is 236 g/mol. The van der Waals surface area contributed by atoms with E-state index in [-0.39, 0.29) is 11.0 Å². The van der Waals surface area contributed by atoms with Gasteiger partial charge < -0.3 is 5.73 Å². The molecule has 2 heterocycles. The van der Waals surface area contributed by atoms with Gasteiger partial charge in [0.2, 0.25) is 5.16 Å². The summed E-state index contributed by atoms with van der Waals surface area (Å²) in [6.07, 6.45) is 3.03. The summed E-state index contributed by atoms with van der Waals surface area (Å²) in [7, 11) is -1.23. The van der Waals surface area contributed by atoms with Crippen molar-refractivity contribution >= 4 is 39.3 Å². The van der Waals surface area contributed by atoms with E-state index in [1.165, 1.54) is 12.5 Å². The maximum atomic E-state index is 11.1. The predicted molar refractivity (Wildman–Crippen MR) is 59.1 cm³/mol. The molecule has 1 unspecified atom stereocenters. The lowest BCUT2D eigenvalue weighted by Crippen LogP contribution is -2.00. The summed E-state index contributed by atoms with van der Waals surface area (Å²) in [5.41, 5.74) is 5.93. The van der Waals surface area contributed by atoms with Crippen molar-refractivity contribution in [2.24, 2.45) is 0 Å². The first kappa shape index (κ1) is 10.3. The summed E-state index contributed by atoms with van der Waals surface area (Å²) in [5.74, 6) is 0.204. The van der Waals surface area contributed by atoms with E-state index in [1.54, 1.807) is 6.07 Å². The highest BCUT2D eigenvalue weighted by Crippen LogP contribution is 2.20. The molecule has 15 heavy (non-hydrogen) atoms. The molecule has 0 aliphatic rings. The van der Waals surface area contributed by atoms with Gasteiger partial charge in [0.25, 0.3) is 0 Å². The number of anilines is 1. The quantitative estimate of drug-likeness (QED) is 0.755. The fraction of sp³-hybridized carbons (Fsp3) is 0.125. The van der Waals surface area contributed by atoms with Crippen LogP contribution >= 0.6 is 11.6 Å². The Hall–Kier alpha value is -1.27. The van der Waals surface area contributed by atoms with Crippen molar-refractivity contribution in [2.45, 2.75) is 5.16 Å². The minimum atomic E-state index is -1.23. The van der Waals surface area contributed by atoms with Gasteiger partial charge in [0.1, 0.15) is 5.82 Å². The number of nitrogens with zero attached hydrogens (tertiary/aromatic N) is 3. The van der Waals surface area contributed by atoms with Gasteiger partial charge in [0.05, 0.1) is 15.8 Å². The zero-order valence-corrected chi connectivity index (χ0v) is 9.34. The van der Waals surface area contributed by atoms with Crippen LogP contribution < -0.4 is 5.73 Å². The van der Waals surface area contributed by atoms with Crippen molar-refractivity contribution in [1.82, 2.24) is 15.0 Å². The number of hydrogen-bond donors (Lipinski definition) is 1. The fourth-order valence-electron chi connectivity index (χ4n) is 1.07. The lowest BCUT2D eigenvalue weighted by atomic mass is 10.3. The number of nitrogens with two attached hydrogens (primary N) is 1. The van der Waals surface area contributed by atoms with Crippen molar-refractivity contribution in [3.63, 3.8) is 0 Å². The van der Waals surface area contributed by atoms with Crippen LogP contribution in [0.3, 0.4) is 0 Å². The van der Waals surface area contributed by atoms with Gasteiger partial charge in [-0.2, -0.15) is 0 Å². The van der Waals surface area contributed by atoms with E-state index in [4.69, 9.17) is 17.3 Å². The van der Waals surface area contributed by atoms with Crippen molar-refractivity contribution in [1.29, 1.82) is 0 Å². The van der Waals surface area contributed by atoms with E-state index in [9.17, 15) is 4.21 Å². The molecule has 78 valence electrons. The Labute approximate surface area is 93.2 Å². The Morgan fingerprint density at radius 1 is 1.47 bits per heavy atom. The Morgan fingerprint density at radius 3 is 2.87 bits per heavy atom. The molecule has 0 aliphatic carbocycles. The summed E-state index contributed by atoms with van der Waals surface area (Å²) in [6.45, 7) is 0. The molecule has 0 bridgehead atoms. The van der Waals surface area contributed by atoms with E-state index in [0.29, 0.717) is 16.1 Å². The zero-order valence-electron chi connectivity index (χ0n) is 7.77. The highest BCUT2D eigenvalue weighted by molar-refractivity contribution is 7.84. The Kier molecular flexibility index (Phi) is 2.54. The standard InChI is InChI=1S/C8H7ClN4OS/c1-15(14)8-11-3-4-2-5(9)6(10)12-7(4)13-8/h2-3H,1H3,(H2,10,11,12,13). The molecule has 2 N–H and O–H groups in total. The fourth-order valence-corrected chi connectivity index (χ4v) is 1.65. The van der Waals surface area contributed by atoms with Crippen molar-refractivity contribution < 1.29 is 4.21 Å². The van der Waals surface area contributed by atoms with Crippen LogP contribution in [0.4, 0.5) is 5.82 Å². The van der Waals surface area contributed by atoms with Crippen LogP contribution in [0.2, 0.25) is 5.02 Å². The smallest absolute Gasteiger partial charge is 0.220 e. The van der Waals surface area contributed by atoms with Crippen molar-refractivity contribution in [2.75, 3.05) is 12.0 Å². The molecule has 0 aromatic carbocycles. The molecule has 0 aliphatic heterocycles. The van der Waals surface area contributed by atoms with Crippen LogP contribution in [-0.2, 0) is 10.8 Å². The number of pyridine rings is 1. The second-order valence-electron chi connectivity index (χ2n) is 2.87. The van der Waals surface area contributed by atoms with Gasteiger partial charge in [-0.25, -0.2) is 15.0 Å². The van der Waals surface area contributed by atoms with Crippen LogP contribution in [0.5, 0.6) is 0 Å². The molecule has 2 aromatic rings. The second kappa shape index (κ2) is 3.71. The summed E-state index contributed by atoms with van der Waals surface area (Å²) in [4.78, 5) is 11.9. The van der Waals surface area contributed by atoms with Gasteiger partial charge in [-0.15, -0.1) is 0 Å². The zero-order chi connectivity index (χ0) is 11.0. The summed E-state index contributed by atoms with van der Waals surface area (Å²) in [5, 5.41) is 1.26. The number of aromatic nitrogens is 3. The molecular formula is C8H7ClN4OS. The average molecular weight is 243 g/mol. The molecule has 7 heteroatoms. The minimum Gasteiger partial charge on any atom is -0.382 e. The number of nitrogen functional groups attached to an aromatic ring is 1. The van der Waals surface area contributed by atoms with Crippen molar-refractivity contribution in [3.8, 4) is 0 Å². The van der Waals surface area contributed by atoms with Crippen LogP contribution in [0.1, 0.15) is 0 Å². The monoisotopic (exact) mass is 242 g/mol. The molecule has 0 radical (unpaired) electrons. The average Bonchev–Trinajstić information content (AvgIpc) is 2.19. The third kappa shape index (κ3) is 1.91. The Balaban J connectivity index is 2.72. The van der Waals surface area contributed by atoms with Crippen LogP contribution in [0, 0.1) is 0 Å². The van der Waals surface area contributed by atoms with Gasteiger partial charge in [-0.1, -0.05) is 11.6 Å². The molecule has 5 nitrogen and oxygen atoms in total. The minimum absolute atomic E-state index is 0.204. The molecule has 0 saturated heterocycles. The third-order valence-electron chi connectivity index (χ3n) is 1.78. The molecule has 0 spiro atoms. The highest BCUT2D eigenvalue weighted by Gasteiger charge is 2.06. The second-order valence-corrected chi connectivity index (χ2v) is 4.56. The number of rotatable bonds is 1. The lowest BCUT2D eigenvalue weighted by Gasteiger charge is -2.01. The summed E-state index contributed by atoms with van der Waals surface area (Å²) >= 11 is 5.79. The van der Waals surface area contributed by atoms with Gasteiger partial charge in [-0.05, 0) is 6.07 Å². The van der Waals surface area contributed by atoms with Gasteiger partial charge in [0, 0.05) is 17.8 Å². The first-order chi connectivity index (χ1) is 7.08. The SMILES string of the molecule is CS(=O)c1ncc2cc(Cl)c(N)nc2n1.